The number of rotatable bonds is 5. The van der Waals surface area contributed by atoms with E-state index >= 15 is 0 Å². The monoisotopic (exact) mass is 260 g/mol. The van der Waals surface area contributed by atoms with Gasteiger partial charge in [-0.05, 0) is 18.2 Å². The van der Waals surface area contributed by atoms with Gasteiger partial charge >= 0.3 is 0 Å². The lowest BCUT2D eigenvalue weighted by atomic mass is 10.1. The Morgan fingerprint density at radius 3 is 3.00 bits per heavy atom. The van der Waals surface area contributed by atoms with Crippen LogP contribution in [0.2, 0.25) is 0 Å². The van der Waals surface area contributed by atoms with Crippen LogP contribution in [0.15, 0.2) is 36.7 Å². The third-order valence-corrected chi connectivity index (χ3v) is 2.69. The number of hydrogen-bond acceptors (Lipinski definition) is 4. The average Bonchev–Trinajstić information content (AvgIpc) is 2.91. The molecule has 0 aliphatic carbocycles. The van der Waals surface area contributed by atoms with Gasteiger partial charge in [0, 0.05) is 24.6 Å². The van der Waals surface area contributed by atoms with Crippen LogP contribution in [0.25, 0.3) is 0 Å². The minimum absolute atomic E-state index is 0.248. The SMILES string of the molecule is COc1cccc(N)c1C(=O)NCCn1cccn1. The van der Waals surface area contributed by atoms with Gasteiger partial charge in [0.15, 0.2) is 0 Å². The molecule has 0 aliphatic rings. The summed E-state index contributed by atoms with van der Waals surface area (Å²) in [6, 6.07) is 6.96. The van der Waals surface area contributed by atoms with Crippen LogP contribution in [0.1, 0.15) is 10.4 Å². The predicted molar refractivity (Wildman–Crippen MR) is 72.0 cm³/mol. The number of hydrogen-bond donors (Lipinski definition) is 2. The molecule has 2 aromatic rings. The van der Waals surface area contributed by atoms with Crippen LogP contribution in [0.5, 0.6) is 5.75 Å². The summed E-state index contributed by atoms with van der Waals surface area (Å²) < 4.78 is 6.88. The van der Waals surface area contributed by atoms with Crippen LogP contribution >= 0.6 is 0 Å². The Kier molecular flexibility index (Phi) is 4.02. The fraction of sp³-hybridized carbons (Fsp3) is 0.231. The first-order valence-corrected chi connectivity index (χ1v) is 5.90. The molecule has 0 radical (unpaired) electrons. The third kappa shape index (κ3) is 3.04. The molecule has 0 saturated carbocycles. The van der Waals surface area contributed by atoms with Crippen LogP contribution in [0.3, 0.4) is 0 Å². The topological polar surface area (TPSA) is 82.2 Å². The Morgan fingerprint density at radius 1 is 1.47 bits per heavy atom. The van der Waals surface area contributed by atoms with E-state index in [1.54, 1.807) is 29.1 Å². The summed E-state index contributed by atoms with van der Waals surface area (Å²) >= 11 is 0. The number of benzene rings is 1. The highest BCUT2D eigenvalue weighted by Gasteiger charge is 2.14. The molecule has 0 unspecified atom stereocenters. The van der Waals surface area contributed by atoms with Crippen molar-refractivity contribution in [1.29, 1.82) is 0 Å². The molecular weight excluding hydrogens is 244 g/mol. The Hall–Kier alpha value is -2.50. The van der Waals surface area contributed by atoms with Gasteiger partial charge in [0.25, 0.3) is 5.91 Å². The molecule has 1 amide bonds. The smallest absolute Gasteiger partial charge is 0.257 e. The van der Waals surface area contributed by atoms with E-state index in [9.17, 15) is 4.79 Å². The summed E-state index contributed by atoms with van der Waals surface area (Å²) in [7, 11) is 1.51. The van der Waals surface area contributed by atoms with E-state index in [0.29, 0.717) is 30.1 Å². The number of carbonyl (C=O) groups excluding carboxylic acids is 1. The lowest BCUT2D eigenvalue weighted by Crippen LogP contribution is -2.28. The number of nitrogens with two attached hydrogens (primary N) is 1. The number of amides is 1. The van der Waals surface area contributed by atoms with Gasteiger partial charge in [-0.2, -0.15) is 5.10 Å². The Bertz CT molecular complexity index is 552. The highest BCUT2D eigenvalue weighted by atomic mass is 16.5. The van der Waals surface area contributed by atoms with Crippen molar-refractivity contribution in [3.05, 3.63) is 42.2 Å². The van der Waals surface area contributed by atoms with Crippen molar-refractivity contribution < 1.29 is 9.53 Å². The molecule has 1 aromatic carbocycles. The first kappa shape index (κ1) is 12.9. The minimum Gasteiger partial charge on any atom is -0.496 e. The Morgan fingerprint density at radius 2 is 2.32 bits per heavy atom. The third-order valence-electron chi connectivity index (χ3n) is 2.69. The molecule has 0 bridgehead atoms. The van der Waals surface area contributed by atoms with E-state index < -0.39 is 0 Å². The highest BCUT2D eigenvalue weighted by molar-refractivity contribution is 6.01. The van der Waals surface area contributed by atoms with Gasteiger partial charge in [-0.25, -0.2) is 0 Å². The van der Waals surface area contributed by atoms with E-state index in [1.807, 2.05) is 12.3 Å². The van der Waals surface area contributed by atoms with Crippen molar-refractivity contribution in [3.8, 4) is 5.75 Å². The Balaban J connectivity index is 2.00. The number of methoxy groups -OCH3 is 1. The van der Waals surface area contributed by atoms with E-state index in [-0.39, 0.29) is 5.91 Å². The van der Waals surface area contributed by atoms with Crippen molar-refractivity contribution >= 4 is 11.6 Å². The zero-order valence-electron chi connectivity index (χ0n) is 10.7. The van der Waals surface area contributed by atoms with Crippen LogP contribution < -0.4 is 15.8 Å². The Labute approximate surface area is 111 Å². The largest absolute Gasteiger partial charge is 0.496 e. The predicted octanol–water partition coefficient (Wildman–Crippen LogP) is 0.904. The minimum atomic E-state index is -0.248. The lowest BCUT2D eigenvalue weighted by Gasteiger charge is -2.11. The molecule has 6 nitrogen and oxygen atoms in total. The fourth-order valence-corrected chi connectivity index (χ4v) is 1.77. The molecule has 3 N–H and O–H groups in total. The molecule has 6 heteroatoms. The zero-order valence-corrected chi connectivity index (χ0v) is 10.7. The highest BCUT2D eigenvalue weighted by Crippen LogP contribution is 2.23. The quantitative estimate of drug-likeness (QED) is 0.783. The molecule has 1 heterocycles. The standard InChI is InChI=1S/C13H16N4O2/c1-19-11-5-2-4-10(14)12(11)13(18)15-7-9-17-8-3-6-16-17/h2-6,8H,7,9,14H2,1H3,(H,15,18). The first-order chi connectivity index (χ1) is 9.22. The molecular formula is C13H16N4O2. The molecule has 19 heavy (non-hydrogen) atoms. The zero-order chi connectivity index (χ0) is 13.7. The second kappa shape index (κ2) is 5.90. The summed E-state index contributed by atoms with van der Waals surface area (Å²) in [6.45, 7) is 1.08. The van der Waals surface area contributed by atoms with Gasteiger partial charge in [0.1, 0.15) is 11.3 Å². The van der Waals surface area contributed by atoms with Gasteiger partial charge < -0.3 is 15.8 Å². The maximum absolute atomic E-state index is 12.1. The van der Waals surface area contributed by atoms with E-state index in [1.165, 1.54) is 7.11 Å². The van der Waals surface area contributed by atoms with Crippen molar-refractivity contribution in [3.63, 3.8) is 0 Å². The first-order valence-electron chi connectivity index (χ1n) is 5.90. The van der Waals surface area contributed by atoms with Crippen molar-refractivity contribution in [2.75, 3.05) is 19.4 Å². The van der Waals surface area contributed by atoms with Crippen molar-refractivity contribution in [2.24, 2.45) is 0 Å². The maximum atomic E-state index is 12.1. The molecule has 1 aromatic heterocycles. The van der Waals surface area contributed by atoms with Gasteiger partial charge in [0.2, 0.25) is 0 Å². The number of aromatic nitrogens is 2. The molecule has 2 rings (SSSR count). The van der Waals surface area contributed by atoms with Crippen LogP contribution in [0.4, 0.5) is 5.69 Å². The number of ether oxygens (including phenoxy) is 1. The number of carbonyl (C=O) groups is 1. The summed E-state index contributed by atoms with van der Waals surface area (Å²) in [5, 5.41) is 6.85. The van der Waals surface area contributed by atoms with Gasteiger partial charge in [-0.1, -0.05) is 6.07 Å². The maximum Gasteiger partial charge on any atom is 0.257 e. The van der Waals surface area contributed by atoms with Crippen molar-refractivity contribution in [2.45, 2.75) is 6.54 Å². The summed E-state index contributed by atoms with van der Waals surface area (Å²) in [5.74, 6) is 0.221. The van der Waals surface area contributed by atoms with Crippen LogP contribution in [-0.2, 0) is 6.54 Å². The van der Waals surface area contributed by atoms with Gasteiger partial charge in [0.05, 0.1) is 13.7 Å². The molecule has 0 aliphatic heterocycles. The molecule has 0 saturated heterocycles. The fourth-order valence-electron chi connectivity index (χ4n) is 1.77. The van der Waals surface area contributed by atoms with Crippen molar-refractivity contribution in [1.82, 2.24) is 15.1 Å². The second-order valence-electron chi connectivity index (χ2n) is 3.95. The second-order valence-corrected chi connectivity index (χ2v) is 3.95. The number of anilines is 1. The molecule has 100 valence electrons. The van der Waals surface area contributed by atoms with E-state index in [4.69, 9.17) is 10.5 Å². The summed E-state index contributed by atoms with van der Waals surface area (Å²) in [6.07, 6.45) is 3.53. The van der Waals surface area contributed by atoms with E-state index in [0.717, 1.165) is 0 Å². The summed E-state index contributed by atoms with van der Waals surface area (Å²) in [4.78, 5) is 12.1. The molecule has 0 atom stereocenters. The number of nitrogens with zero attached hydrogens (tertiary/aromatic N) is 2. The normalized spacial score (nSPS) is 10.2. The van der Waals surface area contributed by atoms with Crippen LogP contribution in [-0.4, -0.2) is 29.3 Å². The van der Waals surface area contributed by atoms with E-state index in [2.05, 4.69) is 10.4 Å². The number of nitrogen functional groups attached to an aromatic ring is 1. The van der Waals surface area contributed by atoms with Gasteiger partial charge in [-0.15, -0.1) is 0 Å². The lowest BCUT2D eigenvalue weighted by molar-refractivity contribution is 0.0950. The van der Waals surface area contributed by atoms with Crippen LogP contribution in [0, 0.1) is 0 Å². The average molecular weight is 260 g/mol. The number of nitrogens with one attached hydrogen (secondary N) is 1. The summed E-state index contributed by atoms with van der Waals surface area (Å²) in [5.41, 5.74) is 6.57. The van der Waals surface area contributed by atoms with Gasteiger partial charge in [-0.3, -0.25) is 9.48 Å². The molecule has 0 spiro atoms. The molecule has 0 fully saturated rings.